The quantitative estimate of drug-likeness (QED) is 0.467. The van der Waals surface area contributed by atoms with Crippen LogP contribution in [-0.2, 0) is 20.8 Å². The van der Waals surface area contributed by atoms with Gasteiger partial charge in [0.1, 0.15) is 18.3 Å². The van der Waals surface area contributed by atoms with E-state index in [1.165, 1.54) is 10.6 Å². The maximum Gasteiger partial charge on any atom is 0.322 e. The van der Waals surface area contributed by atoms with Crippen molar-refractivity contribution in [3.63, 3.8) is 0 Å². The molecule has 2 amide bonds. The number of nitrogens with zero attached hydrogens (tertiary/aromatic N) is 1. The van der Waals surface area contributed by atoms with Gasteiger partial charge in [-0.2, -0.15) is 0 Å². The van der Waals surface area contributed by atoms with Crippen LogP contribution in [0.4, 0.5) is 5.69 Å². The third-order valence-electron chi connectivity index (χ3n) is 5.12. The first-order valence-corrected chi connectivity index (χ1v) is 9.15. The van der Waals surface area contributed by atoms with E-state index in [-0.39, 0.29) is 23.4 Å². The number of fused-ring (bicyclic) bond motifs is 1. The highest BCUT2D eigenvalue weighted by Gasteiger charge is 2.32. The number of nitrogens with one attached hydrogen (secondary N) is 3. The van der Waals surface area contributed by atoms with E-state index in [0.717, 1.165) is 0 Å². The molecule has 0 spiro atoms. The molecular weight excluding hydrogens is 364 g/mol. The average Bonchev–Trinajstić information content (AvgIpc) is 3.27. The lowest BCUT2D eigenvalue weighted by atomic mass is 9.98. The minimum Gasteiger partial charge on any atom is -0.480 e. The van der Waals surface area contributed by atoms with Gasteiger partial charge in [-0.3, -0.25) is 23.7 Å². The summed E-state index contributed by atoms with van der Waals surface area (Å²) < 4.78 is 1.38. The summed E-state index contributed by atoms with van der Waals surface area (Å²) in [5, 5.41) is 16.8. The predicted molar refractivity (Wildman–Crippen MR) is 101 cm³/mol. The fourth-order valence-electron chi connectivity index (χ4n) is 3.70. The molecule has 148 valence electrons. The fourth-order valence-corrected chi connectivity index (χ4v) is 3.70. The van der Waals surface area contributed by atoms with Crippen molar-refractivity contribution in [1.82, 2.24) is 15.2 Å². The normalized spacial score (nSPS) is 21.3. The number of carboxylic acid groups (broad SMARTS) is 1. The van der Waals surface area contributed by atoms with E-state index in [0.29, 0.717) is 37.9 Å². The summed E-state index contributed by atoms with van der Waals surface area (Å²) in [6.07, 6.45) is 7.56. The number of aromatic nitrogens is 1. The molecule has 3 rings (SSSR count). The number of hydrogen-bond acceptors (Lipinski definition) is 5. The molecule has 4 N–H and O–H groups in total. The van der Waals surface area contributed by atoms with Crippen LogP contribution in [0.25, 0.3) is 0 Å². The Hall–Kier alpha value is -3.28. The second-order valence-electron chi connectivity index (χ2n) is 6.96. The Morgan fingerprint density at radius 1 is 1.36 bits per heavy atom. The van der Waals surface area contributed by atoms with Crippen molar-refractivity contribution in [1.29, 1.82) is 0 Å². The van der Waals surface area contributed by atoms with E-state index in [1.807, 2.05) is 0 Å². The van der Waals surface area contributed by atoms with Crippen molar-refractivity contribution in [3.05, 3.63) is 28.2 Å². The van der Waals surface area contributed by atoms with Crippen LogP contribution in [0.1, 0.15) is 31.0 Å². The molecule has 0 aromatic carbocycles. The number of hydrogen-bond donors (Lipinski definition) is 4. The van der Waals surface area contributed by atoms with Gasteiger partial charge in [0.05, 0.1) is 6.04 Å². The van der Waals surface area contributed by atoms with Gasteiger partial charge in [0.2, 0.25) is 11.8 Å². The molecule has 1 unspecified atom stereocenters. The van der Waals surface area contributed by atoms with Crippen molar-refractivity contribution < 1.29 is 19.5 Å². The molecule has 9 nitrogen and oxygen atoms in total. The average molecular weight is 386 g/mol. The highest BCUT2D eigenvalue weighted by atomic mass is 16.4. The molecular formula is C19H22N4O5. The van der Waals surface area contributed by atoms with E-state index in [4.69, 9.17) is 11.5 Å². The zero-order chi connectivity index (χ0) is 20.3. The molecule has 2 aliphatic rings. The zero-order valence-corrected chi connectivity index (χ0v) is 15.2. The molecule has 0 saturated carbocycles. The number of carbonyl (C=O) groups is 3. The molecule has 2 aliphatic heterocycles. The third-order valence-corrected chi connectivity index (χ3v) is 5.12. The lowest BCUT2D eigenvalue weighted by molar-refractivity contribution is -0.135. The molecule has 3 atom stereocenters. The van der Waals surface area contributed by atoms with E-state index < -0.39 is 30.2 Å². The molecule has 1 saturated heterocycles. The lowest BCUT2D eigenvalue weighted by Crippen LogP contribution is -2.42. The largest absolute Gasteiger partial charge is 0.480 e. The Bertz CT molecular complexity index is 901. The SMILES string of the molecule is C#C[C@H](C[C@@H]1CCNC1=O)NC(=O)C1CCc2ccc(NCC(=O)O)c(=O)n21. The van der Waals surface area contributed by atoms with Crippen LogP contribution in [0, 0.1) is 18.3 Å². The highest BCUT2D eigenvalue weighted by molar-refractivity contribution is 5.83. The number of rotatable bonds is 7. The number of carbonyl (C=O) groups excluding carboxylic acids is 2. The summed E-state index contributed by atoms with van der Waals surface area (Å²) in [6, 6.07) is 1.91. The number of aliphatic carboxylic acids is 1. The molecule has 0 bridgehead atoms. The van der Waals surface area contributed by atoms with E-state index in [9.17, 15) is 19.2 Å². The van der Waals surface area contributed by atoms with Crippen LogP contribution < -0.4 is 21.5 Å². The first-order valence-electron chi connectivity index (χ1n) is 9.15. The molecule has 0 radical (unpaired) electrons. The minimum absolute atomic E-state index is 0.0638. The molecule has 1 fully saturated rings. The maximum atomic E-state index is 12.8. The summed E-state index contributed by atoms with van der Waals surface area (Å²) in [5.41, 5.74) is 0.393. The second kappa shape index (κ2) is 8.17. The van der Waals surface area contributed by atoms with Crippen LogP contribution >= 0.6 is 0 Å². The lowest BCUT2D eigenvalue weighted by Gasteiger charge is -2.20. The molecule has 9 heteroatoms. The first-order chi connectivity index (χ1) is 13.4. The minimum atomic E-state index is -1.09. The number of pyridine rings is 1. The van der Waals surface area contributed by atoms with Crippen LogP contribution in [0.2, 0.25) is 0 Å². The number of carboxylic acids is 1. The van der Waals surface area contributed by atoms with Crippen molar-refractivity contribution in [2.45, 2.75) is 37.8 Å². The molecule has 1 aromatic rings. The number of aryl methyl sites for hydroxylation is 1. The number of terminal acetylenes is 1. The molecule has 28 heavy (non-hydrogen) atoms. The van der Waals surface area contributed by atoms with Crippen molar-refractivity contribution >= 4 is 23.5 Å². The highest BCUT2D eigenvalue weighted by Crippen LogP contribution is 2.25. The Morgan fingerprint density at radius 3 is 2.79 bits per heavy atom. The molecule has 0 aliphatic carbocycles. The standard InChI is InChI=1S/C19H22N4O5/c1-2-12(9-11-7-8-20-17(11)26)22-18(27)15-6-4-13-3-5-14(19(28)23(13)15)21-10-16(24)25/h1,3,5,11-12,15,21H,4,6-10H2,(H,20,26)(H,22,27)(H,24,25)/t11-,12+,15?/m0/s1. The third kappa shape index (κ3) is 4.01. The summed E-state index contributed by atoms with van der Waals surface area (Å²) >= 11 is 0. The van der Waals surface area contributed by atoms with Crippen molar-refractivity contribution in [2.24, 2.45) is 5.92 Å². The fraction of sp³-hybridized carbons (Fsp3) is 0.474. The van der Waals surface area contributed by atoms with Crippen molar-refractivity contribution in [2.75, 3.05) is 18.4 Å². The smallest absolute Gasteiger partial charge is 0.322 e. The number of anilines is 1. The topological polar surface area (TPSA) is 130 Å². The monoisotopic (exact) mass is 386 g/mol. The summed E-state index contributed by atoms with van der Waals surface area (Å²) in [6.45, 7) is 0.209. The Labute approximate surface area is 161 Å². The Morgan fingerprint density at radius 2 is 2.14 bits per heavy atom. The van der Waals surface area contributed by atoms with Crippen LogP contribution in [0.3, 0.4) is 0 Å². The zero-order valence-electron chi connectivity index (χ0n) is 15.2. The molecule has 1 aromatic heterocycles. The second-order valence-corrected chi connectivity index (χ2v) is 6.96. The van der Waals surface area contributed by atoms with Gasteiger partial charge in [-0.05, 0) is 37.8 Å². The van der Waals surface area contributed by atoms with Crippen molar-refractivity contribution in [3.8, 4) is 12.3 Å². The number of amides is 2. The summed E-state index contributed by atoms with van der Waals surface area (Å²) in [4.78, 5) is 47.9. The van der Waals surface area contributed by atoms with Gasteiger partial charge in [-0.1, -0.05) is 5.92 Å². The Balaban J connectivity index is 1.73. The summed E-state index contributed by atoms with van der Waals surface area (Å²) in [5.74, 6) is 0.748. The van der Waals surface area contributed by atoms with Gasteiger partial charge in [-0.15, -0.1) is 6.42 Å². The van der Waals surface area contributed by atoms with Gasteiger partial charge < -0.3 is 21.1 Å². The van der Waals surface area contributed by atoms with Gasteiger partial charge in [-0.25, -0.2) is 0 Å². The van der Waals surface area contributed by atoms with Crippen LogP contribution in [0.15, 0.2) is 16.9 Å². The predicted octanol–water partition coefficient (Wildman–Crippen LogP) is -0.524. The van der Waals surface area contributed by atoms with E-state index in [1.54, 1.807) is 6.07 Å². The maximum absolute atomic E-state index is 12.8. The van der Waals surface area contributed by atoms with Gasteiger partial charge in [0, 0.05) is 18.2 Å². The molecule has 3 heterocycles. The van der Waals surface area contributed by atoms with Gasteiger partial charge in [0.15, 0.2) is 0 Å². The Kier molecular flexibility index (Phi) is 5.68. The van der Waals surface area contributed by atoms with Gasteiger partial charge in [0.25, 0.3) is 5.56 Å². The van der Waals surface area contributed by atoms with Crippen LogP contribution in [0.5, 0.6) is 0 Å². The van der Waals surface area contributed by atoms with E-state index >= 15 is 0 Å². The summed E-state index contributed by atoms with van der Waals surface area (Å²) in [7, 11) is 0. The first kappa shape index (κ1) is 19.5. The van der Waals surface area contributed by atoms with E-state index in [2.05, 4.69) is 21.9 Å². The van der Waals surface area contributed by atoms with Crippen LogP contribution in [-0.4, -0.2) is 46.6 Å². The van der Waals surface area contributed by atoms with Gasteiger partial charge >= 0.3 is 5.97 Å².